The average molecular weight is 161 g/mol. The van der Waals surface area contributed by atoms with Gasteiger partial charge in [0, 0.05) is 11.4 Å². The second-order valence-electron chi connectivity index (χ2n) is 2.79. The van der Waals surface area contributed by atoms with Crippen molar-refractivity contribution in [1.29, 1.82) is 0 Å². The van der Waals surface area contributed by atoms with E-state index in [0.717, 1.165) is 24.2 Å². The molecule has 1 aromatic rings. The Morgan fingerprint density at radius 3 is 2.08 bits per heavy atom. The van der Waals surface area contributed by atoms with Crippen LogP contribution in [0, 0.1) is 0 Å². The Morgan fingerprint density at radius 2 is 1.75 bits per heavy atom. The van der Waals surface area contributed by atoms with E-state index < -0.39 is 0 Å². The van der Waals surface area contributed by atoms with Crippen LogP contribution >= 0.6 is 0 Å². The van der Waals surface area contributed by atoms with E-state index in [-0.39, 0.29) is 0 Å². The zero-order valence-corrected chi connectivity index (χ0v) is 7.80. The highest BCUT2D eigenvalue weighted by Crippen LogP contribution is 2.08. The molecule has 12 heavy (non-hydrogen) atoms. The van der Waals surface area contributed by atoms with Crippen LogP contribution in [0.2, 0.25) is 0 Å². The van der Waals surface area contributed by atoms with Crippen molar-refractivity contribution in [2.45, 2.75) is 26.7 Å². The smallest absolute Gasteiger partial charge is 0.0410 e. The number of hydrogen-bond acceptors (Lipinski definition) is 1. The molecular weight excluding hydrogens is 146 g/mol. The Hall–Kier alpha value is -1.11. The largest absolute Gasteiger partial charge is 0.258 e. The standard InChI is InChI=1S/C11H15N/c1-4-9-7-10(5-2)12-11(6-3)8-9/h4,7-8H,1,5-6H2,2-3H3. The normalized spacial score (nSPS) is 9.83. The van der Waals surface area contributed by atoms with Crippen LogP contribution in [-0.4, -0.2) is 4.98 Å². The molecule has 0 aliphatic carbocycles. The summed E-state index contributed by atoms with van der Waals surface area (Å²) in [5, 5.41) is 0. The molecule has 0 spiro atoms. The van der Waals surface area contributed by atoms with Crippen LogP contribution < -0.4 is 0 Å². The molecule has 0 N–H and O–H groups in total. The highest BCUT2D eigenvalue weighted by molar-refractivity contribution is 5.47. The molecule has 0 saturated carbocycles. The van der Waals surface area contributed by atoms with E-state index in [1.807, 2.05) is 6.08 Å². The van der Waals surface area contributed by atoms with Gasteiger partial charge in [0.05, 0.1) is 0 Å². The number of aromatic nitrogens is 1. The fourth-order valence-corrected chi connectivity index (χ4v) is 1.16. The van der Waals surface area contributed by atoms with Crippen molar-refractivity contribution in [3.63, 3.8) is 0 Å². The maximum absolute atomic E-state index is 4.47. The summed E-state index contributed by atoms with van der Waals surface area (Å²) < 4.78 is 0. The third-order valence-electron chi connectivity index (χ3n) is 1.91. The summed E-state index contributed by atoms with van der Waals surface area (Å²) in [6.45, 7) is 7.99. The molecule has 0 bridgehead atoms. The first-order chi connectivity index (χ1) is 5.80. The fourth-order valence-electron chi connectivity index (χ4n) is 1.16. The lowest BCUT2D eigenvalue weighted by atomic mass is 10.1. The van der Waals surface area contributed by atoms with E-state index in [1.165, 1.54) is 5.56 Å². The van der Waals surface area contributed by atoms with E-state index in [9.17, 15) is 0 Å². The van der Waals surface area contributed by atoms with Gasteiger partial charge in [-0.05, 0) is 30.5 Å². The van der Waals surface area contributed by atoms with E-state index in [2.05, 4.69) is 37.5 Å². The molecule has 0 fully saturated rings. The molecule has 0 saturated heterocycles. The summed E-state index contributed by atoms with van der Waals surface area (Å²) >= 11 is 0. The SMILES string of the molecule is C=Cc1cc(CC)nc(CC)c1. The summed E-state index contributed by atoms with van der Waals surface area (Å²) in [7, 11) is 0. The van der Waals surface area contributed by atoms with Crippen molar-refractivity contribution < 1.29 is 0 Å². The van der Waals surface area contributed by atoms with Crippen molar-refractivity contribution in [2.24, 2.45) is 0 Å². The fraction of sp³-hybridized carbons (Fsp3) is 0.364. The van der Waals surface area contributed by atoms with Gasteiger partial charge in [-0.15, -0.1) is 0 Å². The summed E-state index contributed by atoms with van der Waals surface area (Å²) in [5.74, 6) is 0. The zero-order valence-electron chi connectivity index (χ0n) is 7.80. The summed E-state index contributed by atoms with van der Waals surface area (Å²) in [6.07, 6.45) is 3.86. The number of hydrogen-bond donors (Lipinski definition) is 0. The van der Waals surface area contributed by atoms with Crippen LogP contribution in [0.3, 0.4) is 0 Å². The van der Waals surface area contributed by atoms with Gasteiger partial charge >= 0.3 is 0 Å². The van der Waals surface area contributed by atoms with Crippen LogP contribution in [0.5, 0.6) is 0 Å². The molecule has 0 amide bonds. The van der Waals surface area contributed by atoms with Gasteiger partial charge < -0.3 is 0 Å². The van der Waals surface area contributed by atoms with Crippen molar-refractivity contribution in [1.82, 2.24) is 4.98 Å². The Balaban J connectivity index is 3.09. The Labute approximate surface area is 74.2 Å². The molecule has 0 aliphatic rings. The van der Waals surface area contributed by atoms with E-state index in [4.69, 9.17) is 0 Å². The number of nitrogens with zero attached hydrogens (tertiary/aromatic N) is 1. The summed E-state index contributed by atoms with van der Waals surface area (Å²) in [6, 6.07) is 4.18. The third-order valence-corrected chi connectivity index (χ3v) is 1.91. The number of aryl methyl sites for hydroxylation is 2. The topological polar surface area (TPSA) is 12.9 Å². The molecule has 1 nitrogen and oxygen atoms in total. The quantitative estimate of drug-likeness (QED) is 0.664. The Kier molecular flexibility index (Phi) is 3.03. The molecule has 1 rings (SSSR count). The first kappa shape index (κ1) is 8.98. The zero-order chi connectivity index (χ0) is 8.97. The van der Waals surface area contributed by atoms with Crippen molar-refractivity contribution in [3.8, 4) is 0 Å². The lowest BCUT2D eigenvalue weighted by molar-refractivity contribution is 0.953. The lowest BCUT2D eigenvalue weighted by Gasteiger charge is -2.02. The van der Waals surface area contributed by atoms with Gasteiger partial charge in [0.15, 0.2) is 0 Å². The molecule has 0 radical (unpaired) electrons. The van der Waals surface area contributed by atoms with Crippen LogP contribution in [-0.2, 0) is 12.8 Å². The first-order valence-electron chi connectivity index (χ1n) is 4.42. The van der Waals surface area contributed by atoms with Crippen LogP contribution in [0.1, 0.15) is 30.8 Å². The van der Waals surface area contributed by atoms with Gasteiger partial charge in [-0.3, -0.25) is 4.98 Å². The minimum absolute atomic E-state index is 0.995. The maximum Gasteiger partial charge on any atom is 0.0410 e. The second-order valence-corrected chi connectivity index (χ2v) is 2.79. The third kappa shape index (κ3) is 1.94. The maximum atomic E-state index is 4.47. The van der Waals surface area contributed by atoms with Crippen molar-refractivity contribution in [2.75, 3.05) is 0 Å². The first-order valence-corrected chi connectivity index (χ1v) is 4.42. The predicted octanol–water partition coefficient (Wildman–Crippen LogP) is 2.85. The minimum atomic E-state index is 0.995. The van der Waals surface area contributed by atoms with Gasteiger partial charge in [-0.2, -0.15) is 0 Å². The monoisotopic (exact) mass is 161 g/mol. The highest BCUT2D eigenvalue weighted by atomic mass is 14.7. The van der Waals surface area contributed by atoms with Crippen molar-refractivity contribution in [3.05, 3.63) is 35.7 Å². The number of pyridine rings is 1. The molecule has 1 heteroatoms. The molecule has 0 aliphatic heterocycles. The van der Waals surface area contributed by atoms with E-state index in [1.54, 1.807) is 0 Å². The van der Waals surface area contributed by atoms with Crippen LogP contribution in [0.4, 0.5) is 0 Å². The van der Waals surface area contributed by atoms with Gasteiger partial charge in [0.25, 0.3) is 0 Å². The molecule has 0 aromatic carbocycles. The molecular formula is C11H15N. The lowest BCUT2D eigenvalue weighted by Crippen LogP contribution is -1.94. The molecule has 1 heterocycles. The van der Waals surface area contributed by atoms with Crippen LogP contribution in [0.15, 0.2) is 18.7 Å². The predicted molar refractivity (Wildman–Crippen MR) is 53.1 cm³/mol. The molecule has 0 unspecified atom stereocenters. The van der Waals surface area contributed by atoms with Crippen LogP contribution in [0.25, 0.3) is 6.08 Å². The molecule has 0 atom stereocenters. The number of rotatable bonds is 3. The summed E-state index contributed by atoms with van der Waals surface area (Å²) in [4.78, 5) is 4.47. The van der Waals surface area contributed by atoms with Gasteiger partial charge in [-0.1, -0.05) is 26.5 Å². The van der Waals surface area contributed by atoms with E-state index in [0.29, 0.717) is 0 Å². The Morgan fingerprint density at radius 1 is 1.25 bits per heavy atom. The molecule has 1 aromatic heterocycles. The van der Waals surface area contributed by atoms with Gasteiger partial charge in [0.2, 0.25) is 0 Å². The van der Waals surface area contributed by atoms with E-state index >= 15 is 0 Å². The Bertz CT molecular complexity index is 254. The second kappa shape index (κ2) is 4.05. The van der Waals surface area contributed by atoms with Crippen molar-refractivity contribution >= 4 is 6.08 Å². The van der Waals surface area contributed by atoms with Gasteiger partial charge in [0.1, 0.15) is 0 Å². The minimum Gasteiger partial charge on any atom is -0.258 e. The average Bonchev–Trinajstić information content (AvgIpc) is 2.16. The molecule has 64 valence electrons. The highest BCUT2D eigenvalue weighted by Gasteiger charge is 1.96. The van der Waals surface area contributed by atoms with Gasteiger partial charge in [-0.25, -0.2) is 0 Å². The summed E-state index contributed by atoms with van der Waals surface area (Å²) in [5.41, 5.74) is 3.49.